The van der Waals surface area contributed by atoms with Crippen LogP contribution < -0.4 is 0 Å². The van der Waals surface area contributed by atoms with Crippen LogP contribution >= 0.6 is 0 Å². The molecule has 84 valence electrons. The van der Waals surface area contributed by atoms with Crippen molar-refractivity contribution in [3.05, 3.63) is 47.2 Å². The van der Waals surface area contributed by atoms with Crippen molar-refractivity contribution in [1.29, 1.82) is 0 Å². The summed E-state index contributed by atoms with van der Waals surface area (Å²) < 4.78 is 0. The first kappa shape index (κ1) is 10.8. The van der Waals surface area contributed by atoms with Crippen molar-refractivity contribution in [2.75, 3.05) is 0 Å². The van der Waals surface area contributed by atoms with Crippen LogP contribution in [0.1, 0.15) is 24.5 Å². The second-order valence-corrected chi connectivity index (χ2v) is 4.31. The zero-order valence-electron chi connectivity index (χ0n) is 9.57. The Balaban J connectivity index is 2.63. The summed E-state index contributed by atoms with van der Waals surface area (Å²) in [5, 5.41) is 19.8. The van der Waals surface area contributed by atoms with Gasteiger partial charge in [0.05, 0.1) is 0 Å². The van der Waals surface area contributed by atoms with Gasteiger partial charge < -0.3 is 10.2 Å². The number of allylic oxidation sites excluding steroid dienone is 3. The van der Waals surface area contributed by atoms with E-state index in [9.17, 15) is 10.2 Å². The van der Waals surface area contributed by atoms with Gasteiger partial charge in [-0.3, -0.25) is 0 Å². The fourth-order valence-corrected chi connectivity index (χ4v) is 2.22. The molecule has 1 unspecified atom stereocenters. The van der Waals surface area contributed by atoms with Crippen LogP contribution in [-0.4, -0.2) is 10.2 Å². The largest absolute Gasteiger partial charge is 0.508 e. The number of aliphatic hydroxyl groups is 1. The summed E-state index contributed by atoms with van der Waals surface area (Å²) in [7, 11) is 0. The van der Waals surface area contributed by atoms with Crippen molar-refractivity contribution in [2.24, 2.45) is 5.92 Å². The van der Waals surface area contributed by atoms with Gasteiger partial charge in [-0.2, -0.15) is 0 Å². The Morgan fingerprint density at radius 3 is 2.62 bits per heavy atom. The molecule has 1 aromatic carbocycles. The third kappa shape index (κ3) is 1.71. The molecule has 0 aromatic heterocycles. The first-order valence-electron chi connectivity index (χ1n) is 5.50. The number of benzene rings is 1. The van der Waals surface area contributed by atoms with Crippen molar-refractivity contribution in [1.82, 2.24) is 0 Å². The standard InChI is InChI=1S/C14H16O2/c1-9-5-3-7-11(15)13(9)14-10(2)6-4-8-12(14)16/h3-5,7-8,10,15-16H,6H2,1-2H3. The van der Waals surface area contributed by atoms with Crippen LogP contribution in [0, 0.1) is 12.8 Å². The highest BCUT2D eigenvalue weighted by molar-refractivity contribution is 5.77. The SMILES string of the molecule is Cc1cccc(O)c1C1=C(O)C=CCC1C. The number of rotatable bonds is 1. The number of aryl methyl sites for hydroxylation is 1. The van der Waals surface area contributed by atoms with E-state index in [1.54, 1.807) is 12.1 Å². The van der Waals surface area contributed by atoms with Gasteiger partial charge in [-0.1, -0.05) is 25.1 Å². The zero-order chi connectivity index (χ0) is 11.7. The Bertz CT molecular complexity index is 449. The molecule has 1 aromatic rings. The smallest absolute Gasteiger partial charge is 0.123 e. The number of aliphatic hydroxyl groups excluding tert-OH is 1. The third-order valence-electron chi connectivity index (χ3n) is 3.05. The van der Waals surface area contributed by atoms with E-state index in [0.717, 1.165) is 23.1 Å². The number of phenols is 1. The van der Waals surface area contributed by atoms with Gasteiger partial charge in [0.1, 0.15) is 11.5 Å². The van der Waals surface area contributed by atoms with Gasteiger partial charge in [0.25, 0.3) is 0 Å². The van der Waals surface area contributed by atoms with E-state index in [4.69, 9.17) is 0 Å². The Morgan fingerprint density at radius 1 is 1.25 bits per heavy atom. The highest BCUT2D eigenvalue weighted by Gasteiger charge is 2.21. The third-order valence-corrected chi connectivity index (χ3v) is 3.05. The van der Waals surface area contributed by atoms with E-state index >= 15 is 0 Å². The monoisotopic (exact) mass is 216 g/mol. The molecule has 1 atom stereocenters. The summed E-state index contributed by atoms with van der Waals surface area (Å²) in [5.41, 5.74) is 2.61. The molecule has 0 amide bonds. The van der Waals surface area contributed by atoms with Crippen LogP contribution in [0.2, 0.25) is 0 Å². The van der Waals surface area contributed by atoms with Gasteiger partial charge in [-0.25, -0.2) is 0 Å². The molecule has 1 aliphatic rings. The normalized spacial score (nSPS) is 20.2. The van der Waals surface area contributed by atoms with E-state index in [1.165, 1.54) is 0 Å². The maximum absolute atomic E-state index is 9.92. The van der Waals surface area contributed by atoms with Crippen LogP contribution in [0.5, 0.6) is 5.75 Å². The maximum Gasteiger partial charge on any atom is 0.123 e. The fourth-order valence-electron chi connectivity index (χ4n) is 2.22. The molecule has 16 heavy (non-hydrogen) atoms. The molecule has 0 aliphatic heterocycles. The summed E-state index contributed by atoms with van der Waals surface area (Å²) >= 11 is 0. The van der Waals surface area contributed by atoms with E-state index < -0.39 is 0 Å². The van der Waals surface area contributed by atoms with E-state index in [-0.39, 0.29) is 17.4 Å². The minimum atomic E-state index is 0.233. The Kier molecular flexibility index (Phi) is 2.73. The average molecular weight is 216 g/mol. The first-order chi connectivity index (χ1) is 7.61. The van der Waals surface area contributed by atoms with Gasteiger partial charge in [0.2, 0.25) is 0 Å². The molecule has 1 aliphatic carbocycles. The van der Waals surface area contributed by atoms with Gasteiger partial charge in [-0.15, -0.1) is 0 Å². The van der Waals surface area contributed by atoms with Crippen molar-refractivity contribution >= 4 is 5.57 Å². The van der Waals surface area contributed by atoms with Crippen molar-refractivity contribution in [3.63, 3.8) is 0 Å². The van der Waals surface area contributed by atoms with Gasteiger partial charge in [0.15, 0.2) is 0 Å². The molecular weight excluding hydrogens is 200 g/mol. The molecular formula is C14H16O2. The lowest BCUT2D eigenvalue weighted by Gasteiger charge is -2.21. The molecule has 0 bridgehead atoms. The van der Waals surface area contributed by atoms with E-state index in [0.29, 0.717) is 0 Å². The van der Waals surface area contributed by atoms with Crippen LogP contribution in [-0.2, 0) is 0 Å². The predicted molar refractivity (Wildman–Crippen MR) is 65.3 cm³/mol. The molecule has 2 heteroatoms. The molecule has 0 fully saturated rings. The van der Waals surface area contributed by atoms with Crippen molar-refractivity contribution < 1.29 is 10.2 Å². The topological polar surface area (TPSA) is 40.5 Å². The van der Waals surface area contributed by atoms with Gasteiger partial charge in [-0.05, 0) is 37.0 Å². The lowest BCUT2D eigenvalue weighted by molar-refractivity contribution is 0.423. The Hall–Kier alpha value is -1.70. The maximum atomic E-state index is 9.92. The summed E-state index contributed by atoms with van der Waals surface area (Å²) in [4.78, 5) is 0. The van der Waals surface area contributed by atoms with E-state index in [2.05, 4.69) is 6.92 Å². The summed E-state index contributed by atoms with van der Waals surface area (Å²) in [5.74, 6) is 0.740. The van der Waals surface area contributed by atoms with Crippen LogP contribution in [0.15, 0.2) is 36.1 Å². The fraction of sp³-hybridized carbons (Fsp3) is 0.286. The first-order valence-corrected chi connectivity index (χ1v) is 5.50. The average Bonchev–Trinajstić information content (AvgIpc) is 2.21. The van der Waals surface area contributed by atoms with Gasteiger partial charge in [0, 0.05) is 11.1 Å². The molecule has 0 heterocycles. The minimum absolute atomic E-state index is 0.233. The lowest BCUT2D eigenvalue weighted by atomic mass is 9.85. The number of phenolic OH excluding ortho intramolecular Hbond substituents is 1. The van der Waals surface area contributed by atoms with Crippen LogP contribution in [0.4, 0.5) is 0 Å². The predicted octanol–water partition coefficient (Wildman–Crippen LogP) is 3.57. The van der Waals surface area contributed by atoms with Crippen molar-refractivity contribution in [2.45, 2.75) is 20.3 Å². The molecule has 2 N–H and O–H groups in total. The highest BCUT2D eigenvalue weighted by atomic mass is 16.3. The second-order valence-electron chi connectivity index (χ2n) is 4.31. The summed E-state index contributed by atoms with van der Waals surface area (Å²) in [6, 6.07) is 5.42. The molecule has 2 rings (SSSR count). The Labute approximate surface area is 95.6 Å². The van der Waals surface area contributed by atoms with Crippen LogP contribution in [0.25, 0.3) is 5.57 Å². The lowest BCUT2D eigenvalue weighted by Crippen LogP contribution is -2.06. The van der Waals surface area contributed by atoms with Gasteiger partial charge >= 0.3 is 0 Å². The number of hydrogen-bond acceptors (Lipinski definition) is 2. The summed E-state index contributed by atoms with van der Waals surface area (Å²) in [6.07, 6.45) is 4.56. The van der Waals surface area contributed by atoms with E-state index in [1.807, 2.05) is 25.1 Å². The second kappa shape index (κ2) is 4.05. The molecule has 0 spiro atoms. The molecule has 0 saturated heterocycles. The number of hydrogen-bond donors (Lipinski definition) is 2. The zero-order valence-corrected chi connectivity index (χ0v) is 9.57. The highest BCUT2D eigenvalue weighted by Crippen LogP contribution is 2.38. The van der Waals surface area contributed by atoms with Crippen LogP contribution in [0.3, 0.4) is 0 Å². The quantitative estimate of drug-likeness (QED) is 0.753. The Morgan fingerprint density at radius 2 is 2.00 bits per heavy atom. The summed E-state index contributed by atoms with van der Waals surface area (Å²) in [6.45, 7) is 4.00. The molecule has 2 nitrogen and oxygen atoms in total. The molecule has 0 radical (unpaired) electrons. The number of aromatic hydroxyl groups is 1. The molecule has 0 saturated carbocycles. The minimum Gasteiger partial charge on any atom is -0.508 e. The van der Waals surface area contributed by atoms with Crippen molar-refractivity contribution in [3.8, 4) is 5.75 Å².